The summed E-state index contributed by atoms with van der Waals surface area (Å²) in [5.41, 5.74) is 2.37. The fourth-order valence-electron chi connectivity index (χ4n) is 3.03. The van der Waals surface area contributed by atoms with Gasteiger partial charge in [0.2, 0.25) is 5.91 Å². The van der Waals surface area contributed by atoms with E-state index in [0.29, 0.717) is 17.7 Å². The smallest absolute Gasteiger partial charge is 0.225 e. The van der Waals surface area contributed by atoms with Crippen molar-refractivity contribution in [1.82, 2.24) is 9.88 Å². The number of carbonyl (C=O) groups excluding carboxylic acids is 1. The molecule has 1 atom stereocenters. The molecule has 0 unspecified atom stereocenters. The van der Waals surface area contributed by atoms with Gasteiger partial charge >= 0.3 is 0 Å². The van der Waals surface area contributed by atoms with E-state index in [9.17, 15) is 4.79 Å². The second-order valence-corrected chi connectivity index (χ2v) is 6.10. The Morgan fingerprint density at radius 2 is 2.21 bits per heavy atom. The molecule has 2 heterocycles. The molecule has 1 aliphatic heterocycles. The van der Waals surface area contributed by atoms with Crippen molar-refractivity contribution in [2.45, 2.75) is 39.0 Å². The van der Waals surface area contributed by atoms with Crippen LogP contribution in [0.5, 0.6) is 0 Å². The average Bonchev–Trinajstić information content (AvgIpc) is 2.78. The molecule has 2 aliphatic rings. The molecule has 102 valence electrons. The Morgan fingerprint density at radius 1 is 1.37 bits per heavy atom. The minimum absolute atomic E-state index is 0.344. The van der Waals surface area contributed by atoms with Gasteiger partial charge in [-0.3, -0.25) is 9.78 Å². The quantitative estimate of drug-likeness (QED) is 0.835. The Balaban J connectivity index is 1.54. The Bertz CT molecular complexity index is 450. The lowest BCUT2D eigenvalue weighted by Crippen LogP contribution is -2.37. The third-order valence-electron chi connectivity index (χ3n) is 4.52. The lowest BCUT2D eigenvalue weighted by molar-refractivity contribution is -0.137. The summed E-state index contributed by atoms with van der Waals surface area (Å²) >= 11 is 0. The molecule has 1 aromatic heterocycles. The van der Waals surface area contributed by atoms with Crippen LogP contribution in [0.4, 0.5) is 0 Å². The molecule has 1 saturated heterocycles. The van der Waals surface area contributed by atoms with Crippen LogP contribution in [0.15, 0.2) is 18.3 Å². The number of rotatable bonds is 3. The highest BCUT2D eigenvalue weighted by Gasteiger charge is 2.33. The summed E-state index contributed by atoms with van der Waals surface area (Å²) in [5.74, 6) is 1.35. The van der Waals surface area contributed by atoms with E-state index in [4.69, 9.17) is 0 Å². The first-order chi connectivity index (χ1) is 9.22. The van der Waals surface area contributed by atoms with Crippen LogP contribution < -0.4 is 0 Å². The van der Waals surface area contributed by atoms with Crippen molar-refractivity contribution in [3.8, 4) is 0 Å². The van der Waals surface area contributed by atoms with E-state index in [0.717, 1.165) is 44.5 Å². The lowest BCUT2D eigenvalue weighted by atomic mass is 9.84. The highest BCUT2D eigenvalue weighted by molar-refractivity contribution is 5.79. The molecule has 19 heavy (non-hydrogen) atoms. The largest absolute Gasteiger partial charge is 0.342 e. The van der Waals surface area contributed by atoms with Gasteiger partial charge in [0.25, 0.3) is 0 Å². The van der Waals surface area contributed by atoms with E-state index in [1.54, 1.807) is 0 Å². The first-order valence-electron chi connectivity index (χ1n) is 7.42. The molecule has 1 aromatic rings. The molecular weight excluding hydrogens is 236 g/mol. The van der Waals surface area contributed by atoms with Gasteiger partial charge in [-0.1, -0.05) is 12.5 Å². The number of aromatic nitrogens is 1. The molecule has 1 aliphatic carbocycles. The van der Waals surface area contributed by atoms with Crippen LogP contribution in [-0.2, 0) is 11.2 Å². The summed E-state index contributed by atoms with van der Waals surface area (Å²) in [4.78, 5) is 18.7. The zero-order chi connectivity index (χ0) is 13.2. The summed E-state index contributed by atoms with van der Waals surface area (Å²) in [7, 11) is 0. The standard InChI is InChI=1S/C16H22N2O/c1-12-5-6-15(17-10-12)9-13-7-8-18(11-13)16(19)14-3-2-4-14/h5-6,10,13-14H,2-4,7-9,11H2,1H3/t13-/m0/s1. The van der Waals surface area contributed by atoms with Crippen LogP contribution in [0.25, 0.3) is 0 Å². The molecule has 0 bridgehead atoms. The van der Waals surface area contributed by atoms with Crippen molar-refractivity contribution in [2.24, 2.45) is 11.8 Å². The zero-order valence-electron chi connectivity index (χ0n) is 11.6. The SMILES string of the molecule is Cc1ccc(C[C@@H]2CCN(C(=O)C3CCC3)C2)nc1. The second-order valence-electron chi connectivity index (χ2n) is 6.10. The molecule has 0 spiro atoms. The van der Waals surface area contributed by atoms with Gasteiger partial charge < -0.3 is 4.90 Å². The van der Waals surface area contributed by atoms with E-state index >= 15 is 0 Å². The monoisotopic (exact) mass is 258 g/mol. The number of likely N-dealkylation sites (tertiary alicyclic amines) is 1. The van der Waals surface area contributed by atoms with E-state index in [1.807, 2.05) is 6.20 Å². The molecule has 3 nitrogen and oxygen atoms in total. The molecule has 3 heteroatoms. The summed E-state index contributed by atoms with van der Waals surface area (Å²) < 4.78 is 0. The van der Waals surface area contributed by atoms with Crippen LogP contribution in [0.1, 0.15) is 36.9 Å². The number of pyridine rings is 1. The van der Waals surface area contributed by atoms with Crippen LogP contribution >= 0.6 is 0 Å². The number of aryl methyl sites for hydroxylation is 1. The molecule has 3 rings (SSSR count). The molecule has 2 fully saturated rings. The molecular formula is C16H22N2O. The maximum atomic E-state index is 12.2. The fraction of sp³-hybridized carbons (Fsp3) is 0.625. The Labute approximate surface area is 115 Å². The third kappa shape index (κ3) is 2.80. The summed E-state index contributed by atoms with van der Waals surface area (Å²) in [6.45, 7) is 3.95. The molecule has 1 amide bonds. The average molecular weight is 258 g/mol. The van der Waals surface area contributed by atoms with Crippen molar-refractivity contribution in [1.29, 1.82) is 0 Å². The zero-order valence-corrected chi connectivity index (χ0v) is 11.6. The fourth-order valence-corrected chi connectivity index (χ4v) is 3.03. The lowest BCUT2D eigenvalue weighted by Gasteiger charge is -2.29. The molecule has 0 radical (unpaired) electrons. The highest BCUT2D eigenvalue weighted by Crippen LogP contribution is 2.30. The van der Waals surface area contributed by atoms with E-state index in [2.05, 4.69) is 28.9 Å². The molecule has 0 aromatic carbocycles. The van der Waals surface area contributed by atoms with Crippen molar-refractivity contribution in [2.75, 3.05) is 13.1 Å². The second kappa shape index (κ2) is 5.32. The van der Waals surface area contributed by atoms with Crippen molar-refractivity contribution >= 4 is 5.91 Å². The number of nitrogens with zero attached hydrogens (tertiary/aromatic N) is 2. The predicted molar refractivity (Wildman–Crippen MR) is 74.7 cm³/mol. The minimum Gasteiger partial charge on any atom is -0.342 e. The van der Waals surface area contributed by atoms with Gasteiger partial charge in [0.15, 0.2) is 0 Å². The number of hydrogen-bond donors (Lipinski definition) is 0. The van der Waals surface area contributed by atoms with Crippen LogP contribution in [0.2, 0.25) is 0 Å². The first-order valence-corrected chi connectivity index (χ1v) is 7.42. The predicted octanol–water partition coefficient (Wildman–Crippen LogP) is 2.58. The summed E-state index contributed by atoms with van der Waals surface area (Å²) in [6.07, 6.45) is 7.53. The van der Waals surface area contributed by atoms with Gasteiger partial charge in [0.1, 0.15) is 0 Å². The Morgan fingerprint density at radius 3 is 2.84 bits per heavy atom. The van der Waals surface area contributed by atoms with Gasteiger partial charge in [-0.15, -0.1) is 0 Å². The number of amides is 1. The van der Waals surface area contributed by atoms with Gasteiger partial charge in [0.05, 0.1) is 0 Å². The third-order valence-corrected chi connectivity index (χ3v) is 4.52. The van der Waals surface area contributed by atoms with Gasteiger partial charge in [-0.25, -0.2) is 0 Å². The molecule has 0 N–H and O–H groups in total. The van der Waals surface area contributed by atoms with E-state index < -0.39 is 0 Å². The number of carbonyl (C=O) groups is 1. The van der Waals surface area contributed by atoms with Crippen molar-refractivity contribution in [3.05, 3.63) is 29.6 Å². The first kappa shape index (κ1) is 12.6. The van der Waals surface area contributed by atoms with E-state index in [1.165, 1.54) is 12.0 Å². The Kier molecular flexibility index (Phi) is 3.54. The maximum Gasteiger partial charge on any atom is 0.225 e. The van der Waals surface area contributed by atoms with Gasteiger partial charge in [-0.05, 0) is 50.2 Å². The summed E-state index contributed by atoms with van der Waals surface area (Å²) in [5, 5.41) is 0. The maximum absolute atomic E-state index is 12.2. The van der Waals surface area contributed by atoms with Crippen molar-refractivity contribution in [3.63, 3.8) is 0 Å². The van der Waals surface area contributed by atoms with Crippen LogP contribution in [0, 0.1) is 18.8 Å². The summed E-state index contributed by atoms with van der Waals surface area (Å²) in [6, 6.07) is 4.24. The minimum atomic E-state index is 0.344. The van der Waals surface area contributed by atoms with Gasteiger partial charge in [-0.2, -0.15) is 0 Å². The van der Waals surface area contributed by atoms with E-state index in [-0.39, 0.29) is 0 Å². The van der Waals surface area contributed by atoms with Gasteiger partial charge in [0, 0.05) is 30.9 Å². The normalized spacial score (nSPS) is 23.4. The highest BCUT2D eigenvalue weighted by atomic mass is 16.2. The topological polar surface area (TPSA) is 33.2 Å². The van der Waals surface area contributed by atoms with Crippen molar-refractivity contribution < 1.29 is 4.79 Å². The number of hydrogen-bond acceptors (Lipinski definition) is 2. The van der Waals surface area contributed by atoms with Crippen LogP contribution in [-0.4, -0.2) is 28.9 Å². The molecule has 1 saturated carbocycles. The Hall–Kier alpha value is -1.38. The van der Waals surface area contributed by atoms with Crippen LogP contribution in [0.3, 0.4) is 0 Å².